The van der Waals surface area contributed by atoms with Crippen LogP contribution >= 0.6 is 0 Å². The first-order valence-corrected chi connectivity index (χ1v) is 5.20. The van der Waals surface area contributed by atoms with Crippen molar-refractivity contribution in [3.05, 3.63) is 0 Å². The van der Waals surface area contributed by atoms with Crippen LogP contribution in [-0.2, 0) is 0 Å². The Balaban J connectivity index is 3.73. The minimum atomic E-state index is -6.49. The molecule has 6 heavy (non-hydrogen) atoms. The van der Waals surface area contributed by atoms with Crippen LogP contribution in [0.2, 0.25) is 0 Å². The Morgan fingerprint density at radius 2 is 0.667 bits per heavy atom. The van der Waals surface area contributed by atoms with E-state index in [4.69, 9.17) is 20.5 Å². The summed E-state index contributed by atoms with van der Waals surface area (Å²) in [5.41, 5.74) is 0. The first-order chi connectivity index (χ1) is 2.24. The summed E-state index contributed by atoms with van der Waals surface area (Å²) in [7, 11) is 0. The third-order valence-electron chi connectivity index (χ3n) is 0. The molecule has 0 aliphatic rings. The molecule has 0 heterocycles. The Hall–Kier alpha value is 0.358. The van der Waals surface area contributed by atoms with Crippen molar-refractivity contribution >= 4 is 14.2 Å². The first kappa shape index (κ1) is 6.36. The monoisotopic (exact) mass is 160 g/mol. The molecule has 40 valence electrons. The Morgan fingerprint density at radius 3 is 0.667 bits per heavy atom. The maximum atomic E-state index is 7.39. The predicted molar refractivity (Wildman–Crippen MR) is 16.8 cm³/mol. The average Bonchev–Trinajstić information content (AvgIpc) is 0.650. The van der Waals surface area contributed by atoms with Gasteiger partial charge in [0.1, 0.15) is 0 Å². The van der Waals surface area contributed by atoms with E-state index in [1.54, 1.807) is 0 Å². The number of rotatable bonds is 0. The molecule has 0 saturated heterocycles. The molecule has 0 bridgehead atoms. The third kappa shape index (κ3) is 383. The van der Waals surface area contributed by atoms with Gasteiger partial charge < -0.3 is 0 Å². The summed E-state index contributed by atoms with van der Waals surface area (Å²) < 4.78 is 36.9. The van der Waals surface area contributed by atoms with E-state index in [0.29, 0.717) is 0 Å². The van der Waals surface area contributed by atoms with Crippen LogP contribution in [0.5, 0.6) is 0 Å². The molecule has 0 rings (SSSR count). The van der Waals surface area contributed by atoms with Crippen molar-refractivity contribution in [1.29, 1.82) is 0 Å². The van der Waals surface area contributed by atoms with E-state index in [1.165, 1.54) is 0 Å². The molecule has 0 amide bonds. The van der Waals surface area contributed by atoms with E-state index < -0.39 is 14.2 Å². The topological polar surface area (TPSA) is 101 Å². The molecule has 5 nitrogen and oxygen atoms in total. The molecule has 0 saturated carbocycles. The van der Waals surface area contributed by atoms with Gasteiger partial charge in [-0.05, 0) is 0 Å². The van der Waals surface area contributed by atoms with Gasteiger partial charge in [-0.15, -0.1) is 0 Å². The van der Waals surface area contributed by atoms with E-state index in [2.05, 4.69) is 0 Å². The molecule has 0 aromatic carbocycles. The summed E-state index contributed by atoms with van der Waals surface area (Å²) in [4.78, 5) is 0. The van der Waals surface area contributed by atoms with Gasteiger partial charge in [-0.3, -0.25) is 0 Å². The molecule has 0 aromatic heterocycles. The third-order valence-corrected chi connectivity index (χ3v) is 0. The van der Waals surface area contributed by atoms with Gasteiger partial charge in [0.25, 0.3) is 0 Å². The molecule has 0 aliphatic heterocycles. The molecular weight excluding hydrogens is 155 g/mol. The number of hydrogen-bond acceptors (Lipinski definition) is 5. The fourth-order valence-corrected chi connectivity index (χ4v) is 0. The van der Waals surface area contributed by atoms with Crippen LogP contribution in [0.25, 0.3) is 0 Å². The molecule has 0 spiro atoms. The van der Waals surface area contributed by atoms with Crippen molar-refractivity contribution in [3.8, 4) is 0 Å². The molecule has 5 N–H and O–H groups in total. The van der Waals surface area contributed by atoms with E-state index in [1.807, 2.05) is 0 Å². The molecule has 0 unspecified atom stereocenters. The second-order valence-corrected chi connectivity index (χ2v) is 4.65. The second-order valence-electron chi connectivity index (χ2n) is 0.894. The van der Waals surface area contributed by atoms with Gasteiger partial charge in [0.15, 0.2) is 0 Å². The Kier molecular flexibility index (Phi) is 1.01. The zero-order valence-corrected chi connectivity index (χ0v) is 4.56. The zero-order chi connectivity index (χ0) is 5.45. The molecule has 6 heteroatoms. The van der Waals surface area contributed by atoms with Crippen molar-refractivity contribution in [2.75, 3.05) is 0 Å². The van der Waals surface area contributed by atoms with E-state index in [9.17, 15) is 0 Å². The van der Waals surface area contributed by atoms with Gasteiger partial charge >= 0.3 is 34.6 Å². The van der Waals surface area contributed by atoms with Crippen LogP contribution in [0.1, 0.15) is 0 Å². The van der Waals surface area contributed by atoms with Crippen molar-refractivity contribution in [3.63, 3.8) is 0 Å². The van der Waals surface area contributed by atoms with Crippen LogP contribution in [0.4, 0.5) is 0 Å². The summed E-state index contributed by atoms with van der Waals surface area (Å²) in [5.74, 6) is 0. The van der Waals surface area contributed by atoms with Gasteiger partial charge in [0, 0.05) is 0 Å². The second kappa shape index (κ2) is 0.949. The van der Waals surface area contributed by atoms with Gasteiger partial charge in [0.2, 0.25) is 0 Å². The standard InChI is InChI=1S/AsH5O5/c2-1(3,4,5)6/h2-6H. The first-order valence-electron chi connectivity index (χ1n) is 1.000. The van der Waals surface area contributed by atoms with E-state index in [0.717, 1.165) is 0 Å². The van der Waals surface area contributed by atoms with Crippen molar-refractivity contribution < 1.29 is 20.5 Å². The Morgan fingerprint density at radius 1 is 0.667 bits per heavy atom. The molecule has 0 fully saturated rings. The zero-order valence-electron chi connectivity index (χ0n) is 2.68. The Labute approximate surface area is 35.5 Å². The van der Waals surface area contributed by atoms with Crippen LogP contribution < -0.4 is 0 Å². The summed E-state index contributed by atoms with van der Waals surface area (Å²) in [6, 6.07) is 0. The van der Waals surface area contributed by atoms with E-state index >= 15 is 0 Å². The van der Waals surface area contributed by atoms with Crippen LogP contribution in [0.15, 0.2) is 0 Å². The van der Waals surface area contributed by atoms with Gasteiger partial charge in [-0.2, -0.15) is 0 Å². The van der Waals surface area contributed by atoms with Crippen molar-refractivity contribution in [1.82, 2.24) is 0 Å². The summed E-state index contributed by atoms with van der Waals surface area (Å²) >= 11 is -6.49. The van der Waals surface area contributed by atoms with Crippen molar-refractivity contribution in [2.24, 2.45) is 0 Å². The normalized spacial score (nSPS) is 19.2. The summed E-state index contributed by atoms with van der Waals surface area (Å²) in [5, 5.41) is 0. The SMILES string of the molecule is O[As](O)(O)(O)O. The quantitative estimate of drug-likeness (QED) is 0.241. The maximum absolute atomic E-state index is 7.39. The molecular formula is H5AsO5. The van der Waals surface area contributed by atoms with Crippen LogP contribution in [0.3, 0.4) is 0 Å². The predicted octanol–water partition coefficient (Wildman–Crippen LogP) is -3.17. The minimum absolute atomic E-state index is 6.49. The van der Waals surface area contributed by atoms with E-state index in [-0.39, 0.29) is 0 Å². The molecule has 0 radical (unpaired) electrons. The summed E-state index contributed by atoms with van der Waals surface area (Å²) in [6.07, 6.45) is 0. The van der Waals surface area contributed by atoms with Crippen LogP contribution in [-0.4, -0.2) is 34.6 Å². The number of hydrogen-bond donors (Lipinski definition) is 5. The molecule has 0 aliphatic carbocycles. The van der Waals surface area contributed by atoms with Gasteiger partial charge in [-0.1, -0.05) is 0 Å². The fourth-order valence-electron chi connectivity index (χ4n) is 0. The Bertz CT molecular complexity index is 37.1. The average molecular weight is 160 g/mol. The van der Waals surface area contributed by atoms with Gasteiger partial charge in [-0.25, -0.2) is 0 Å². The fraction of sp³-hybridized carbons (Fsp3) is 0. The van der Waals surface area contributed by atoms with Crippen LogP contribution in [0, 0.1) is 0 Å². The van der Waals surface area contributed by atoms with Crippen molar-refractivity contribution in [2.45, 2.75) is 0 Å². The summed E-state index contributed by atoms with van der Waals surface area (Å²) in [6.45, 7) is 0. The van der Waals surface area contributed by atoms with Gasteiger partial charge in [0.05, 0.1) is 0 Å². The molecule has 0 aromatic rings. The molecule has 0 atom stereocenters.